The third kappa shape index (κ3) is 9.48. The molecule has 0 N–H and O–H groups in total. The van der Waals surface area contributed by atoms with Gasteiger partial charge in [0.1, 0.15) is 0 Å². The Balaban J connectivity index is 3.87. The fourth-order valence-corrected chi connectivity index (χ4v) is 1.42. The van der Waals surface area contributed by atoms with Crippen LogP contribution in [0.4, 0.5) is 0 Å². The van der Waals surface area contributed by atoms with Crippen molar-refractivity contribution in [1.82, 2.24) is 0 Å². The smallest absolute Gasteiger partial charge is 0.278 e. The van der Waals surface area contributed by atoms with Crippen LogP contribution in [0.1, 0.15) is 39.0 Å². The number of hydrogen-bond acceptors (Lipinski definition) is 3. The highest BCUT2D eigenvalue weighted by Gasteiger charge is 2.15. The van der Waals surface area contributed by atoms with Crippen LogP contribution in [0, 0.1) is 11.3 Å². The predicted molar refractivity (Wildman–Crippen MR) is 66.2 cm³/mol. The normalized spacial score (nSPS) is 12.3. The second-order valence-corrected chi connectivity index (χ2v) is 8.99. The number of rotatable bonds is 7. The average Bonchev–Trinajstić information content (AvgIpc) is 2.15. The highest BCUT2D eigenvalue weighted by Crippen LogP contribution is 2.07. The lowest BCUT2D eigenvalue weighted by molar-refractivity contribution is 0.332. The molecule has 3 nitrogen and oxygen atoms in total. The molecule has 0 amide bonds. The summed E-state index contributed by atoms with van der Waals surface area (Å²) in [6.07, 6.45) is 4.54. The van der Waals surface area contributed by atoms with Crippen molar-refractivity contribution < 1.29 is 4.53 Å². The average molecular weight is 226 g/mol. The molecule has 15 heavy (non-hydrogen) atoms. The van der Waals surface area contributed by atoms with E-state index in [0.717, 1.165) is 31.4 Å². The molecule has 0 rings (SSSR count). The van der Waals surface area contributed by atoms with Gasteiger partial charge in [0.15, 0.2) is 0 Å². The first-order valence-electron chi connectivity index (χ1n) is 5.60. The van der Waals surface area contributed by atoms with Crippen LogP contribution in [0.2, 0.25) is 19.6 Å². The molecule has 0 spiro atoms. The van der Waals surface area contributed by atoms with Gasteiger partial charge in [0, 0.05) is 6.42 Å². The van der Waals surface area contributed by atoms with Gasteiger partial charge in [-0.2, -0.15) is 5.26 Å². The van der Waals surface area contributed by atoms with Gasteiger partial charge in [-0.3, -0.25) is 0 Å². The molecule has 86 valence electrons. The number of oxime groups is 1. The summed E-state index contributed by atoms with van der Waals surface area (Å²) in [6, 6.07) is 2.15. The maximum Gasteiger partial charge on any atom is 0.278 e. The highest BCUT2D eigenvalue weighted by atomic mass is 28.4. The fraction of sp³-hybridized carbons (Fsp3) is 0.818. The molecule has 0 saturated heterocycles. The van der Waals surface area contributed by atoms with Crippen molar-refractivity contribution >= 4 is 14.0 Å². The Hall–Kier alpha value is -0.823. The van der Waals surface area contributed by atoms with Gasteiger partial charge in [0.2, 0.25) is 0 Å². The molecule has 0 fully saturated rings. The van der Waals surface area contributed by atoms with Gasteiger partial charge in [-0.25, -0.2) is 0 Å². The first-order valence-corrected chi connectivity index (χ1v) is 9.01. The number of nitrogens with zero attached hydrogens (tertiary/aromatic N) is 2. The van der Waals surface area contributed by atoms with Gasteiger partial charge >= 0.3 is 0 Å². The fourth-order valence-electron chi connectivity index (χ4n) is 1.02. The van der Waals surface area contributed by atoms with Crippen molar-refractivity contribution in [3.63, 3.8) is 0 Å². The Kier molecular flexibility index (Phi) is 7.06. The van der Waals surface area contributed by atoms with Crippen molar-refractivity contribution in [1.29, 1.82) is 5.26 Å². The van der Waals surface area contributed by atoms with Crippen LogP contribution in [0.15, 0.2) is 5.16 Å². The van der Waals surface area contributed by atoms with E-state index in [1.807, 2.05) is 0 Å². The molecular formula is C11H22N2OSi. The molecule has 0 radical (unpaired) electrons. The zero-order valence-corrected chi connectivity index (χ0v) is 11.3. The maximum absolute atomic E-state index is 8.40. The summed E-state index contributed by atoms with van der Waals surface area (Å²) in [5, 5.41) is 12.6. The lowest BCUT2D eigenvalue weighted by atomic mass is 10.1. The van der Waals surface area contributed by atoms with E-state index >= 15 is 0 Å². The Morgan fingerprint density at radius 1 is 1.33 bits per heavy atom. The van der Waals surface area contributed by atoms with Gasteiger partial charge in [-0.15, -0.1) is 5.16 Å². The molecule has 0 aliphatic heterocycles. The first-order chi connectivity index (χ1) is 6.99. The lowest BCUT2D eigenvalue weighted by Crippen LogP contribution is -2.23. The molecule has 0 heterocycles. The van der Waals surface area contributed by atoms with Crippen LogP contribution in [0.5, 0.6) is 0 Å². The lowest BCUT2D eigenvalue weighted by Gasteiger charge is -2.14. The molecule has 0 aromatic heterocycles. The second-order valence-electron chi connectivity index (χ2n) is 4.58. The van der Waals surface area contributed by atoms with Gasteiger partial charge in [0.05, 0.1) is 11.8 Å². The third-order valence-electron chi connectivity index (χ3n) is 1.86. The number of nitriles is 1. The van der Waals surface area contributed by atoms with E-state index in [4.69, 9.17) is 9.79 Å². The highest BCUT2D eigenvalue weighted by molar-refractivity contribution is 6.69. The molecule has 0 aliphatic carbocycles. The molecule has 4 heteroatoms. The Morgan fingerprint density at radius 3 is 2.47 bits per heavy atom. The molecule has 0 aromatic carbocycles. The van der Waals surface area contributed by atoms with Crippen LogP contribution in [0.25, 0.3) is 0 Å². The number of hydrogen-bond donors (Lipinski definition) is 0. The van der Waals surface area contributed by atoms with Gasteiger partial charge in [-0.05, 0) is 45.3 Å². The van der Waals surface area contributed by atoms with Crippen molar-refractivity contribution in [2.75, 3.05) is 0 Å². The summed E-state index contributed by atoms with van der Waals surface area (Å²) in [4.78, 5) is 0. The summed E-state index contributed by atoms with van der Waals surface area (Å²) in [5.41, 5.74) is 1.12. The molecule has 0 atom stereocenters. The molecule has 0 saturated carbocycles. The topological polar surface area (TPSA) is 45.4 Å². The summed E-state index contributed by atoms with van der Waals surface area (Å²) >= 11 is 0. The molecular weight excluding hydrogens is 204 g/mol. The molecule has 0 bridgehead atoms. The van der Waals surface area contributed by atoms with Crippen molar-refractivity contribution in [3.8, 4) is 6.07 Å². The summed E-state index contributed by atoms with van der Waals surface area (Å²) in [6.45, 7) is 8.47. The van der Waals surface area contributed by atoms with Crippen LogP contribution in [0.3, 0.4) is 0 Å². The quantitative estimate of drug-likeness (QED) is 0.288. The molecule has 0 unspecified atom stereocenters. The van der Waals surface area contributed by atoms with Gasteiger partial charge in [0.25, 0.3) is 8.32 Å². The predicted octanol–water partition coefficient (Wildman–Crippen LogP) is 3.69. The third-order valence-corrected chi connectivity index (χ3v) is 2.50. The largest absolute Gasteiger partial charge is 0.456 e. The van der Waals surface area contributed by atoms with E-state index in [1.165, 1.54) is 0 Å². The zero-order chi connectivity index (χ0) is 11.7. The Bertz CT molecular complexity index is 238. The van der Waals surface area contributed by atoms with Crippen LogP contribution in [-0.2, 0) is 4.53 Å². The number of unbranched alkanes of at least 4 members (excludes halogenated alkanes) is 2. The Labute approximate surface area is 94.2 Å². The first kappa shape index (κ1) is 14.2. The van der Waals surface area contributed by atoms with Crippen LogP contribution < -0.4 is 0 Å². The van der Waals surface area contributed by atoms with E-state index < -0.39 is 8.32 Å². The van der Waals surface area contributed by atoms with Gasteiger partial charge < -0.3 is 4.53 Å². The van der Waals surface area contributed by atoms with E-state index in [0.29, 0.717) is 6.42 Å². The maximum atomic E-state index is 8.40. The van der Waals surface area contributed by atoms with E-state index in [9.17, 15) is 0 Å². The van der Waals surface area contributed by atoms with Crippen LogP contribution in [-0.4, -0.2) is 14.0 Å². The minimum Gasteiger partial charge on any atom is -0.456 e. The zero-order valence-electron chi connectivity index (χ0n) is 10.3. The minimum atomic E-state index is -1.53. The van der Waals surface area contributed by atoms with Crippen molar-refractivity contribution in [3.05, 3.63) is 0 Å². The van der Waals surface area contributed by atoms with Crippen molar-refractivity contribution in [2.45, 2.75) is 58.7 Å². The Morgan fingerprint density at radius 2 is 2.00 bits per heavy atom. The molecule has 0 aliphatic rings. The van der Waals surface area contributed by atoms with E-state index in [2.05, 4.69) is 37.8 Å². The van der Waals surface area contributed by atoms with E-state index in [-0.39, 0.29) is 0 Å². The molecule has 0 aromatic rings. The van der Waals surface area contributed by atoms with Crippen LogP contribution >= 0.6 is 0 Å². The van der Waals surface area contributed by atoms with E-state index in [1.54, 1.807) is 0 Å². The summed E-state index contributed by atoms with van der Waals surface area (Å²) in [7, 11) is -1.53. The monoisotopic (exact) mass is 226 g/mol. The summed E-state index contributed by atoms with van der Waals surface area (Å²) < 4.78 is 5.50. The minimum absolute atomic E-state index is 0.645. The summed E-state index contributed by atoms with van der Waals surface area (Å²) in [5.74, 6) is 0. The van der Waals surface area contributed by atoms with Gasteiger partial charge in [-0.1, -0.05) is 6.92 Å². The SMILES string of the molecule is CCC(CCCCC#N)=NO[Si](C)(C)C. The second kappa shape index (κ2) is 7.47. The van der Waals surface area contributed by atoms with Crippen molar-refractivity contribution in [2.24, 2.45) is 5.16 Å². The standard InChI is InChI=1S/C11H22N2OSi/c1-5-11(9-7-6-8-10-12)13-14-15(2,3)4/h5-9H2,1-4H3.